The van der Waals surface area contributed by atoms with Gasteiger partial charge in [-0.3, -0.25) is 4.79 Å². The van der Waals surface area contributed by atoms with Gasteiger partial charge < -0.3 is 4.90 Å². The van der Waals surface area contributed by atoms with Gasteiger partial charge in [-0.15, -0.1) is 11.6 Å². The van der Waals surface area contributed by atoms with Gasteiger partial charge in [0.15, 0.2) is 0 Å². The first-order chi connectivity index (χ1) is 8.63. The first kappa shape index (κ1) is 15.0. The van der Waals surface area contributed by atoms with Crippen LogP contribution in [0.5, 0.6) is 0 Å². The second kappa shape index (κ2) is 7.37. The van der Waals surface area contributed by atoms with E-state index >= 15 is 0 Å². The Kier molecular flexibility index (Phi) is 6.13. The SMILES string of the molecule is CCC(CC)N(CCCl)C(=O)c1cccc(F)c1. The molecule has 0 aliphatic rings. The summed E-state index contributed by atoms with van der Waals surface area (Å²) in [6.07, 6.45) is 1.74. The van der Waals surface area contributed by atoms with Gasteiger partial charge >= 0.3 is 0 Å². The van der Waals surface area contributed by atoms with E-state index in [0.29, 0.717) is 18.0 Å². The molecular formula is C14H19ClFNO. The van der Waals surface area contributed by atoms with Gasteiger partial charge in [-0.25, -0.2) is 4.39 Å². The van der Waals surface area contributed by atoms with E-state index in [1.165, 1.54) is 12.1 Å². The third-order valence-electron chi connectivity index (χ3n) is 3.04. The molecule has 4 heteroatoms. The molecule has 0 saturated heterocycles. The van der Waals surface area contributed by atoms with Crippen molar-refractivity contribution in [3.8, 4) is 0 Å². The normalized spacial score (nSPS) is 10.7. The molecule has 0 aliphatic heterocycles. The van der Waals surface area contributed by atoms with Gasteiger partial charge in [0.05, 0.1) is 0 Å². The highest BCUT2D eigenvalue weighted by Crippen LogP contribution is 2.14. The number of hydrogen-bond acceptors (Lipinski definition) is 1. The fourth-order valence-electron chi connectivity index (χ4n) is 2.06. The lowest BCUT2D eigenvalue weighted by Crippen LogP contribution is -2.41. The number of carbonyl (C=O) groups is 1. The van der Waals surface area contributed by atoms with E-state index in [0.717, 1.165) is 12.8 Å². The number of carbonyl (C=O) groups excluding carboxylic acids is 1. The Balaban J connectivity index is 2.95. The van der Waals surface area contributed by atoms with Gasteiger partial charge in [-0.1, -0.05) is 19.9 Å². The Morgan fingerprint density at radius 2 is 2.06 bits per heavy atom. The maximum atomic E-state index is 13.1. The molecule has 0 bridgehead atoms. The molecule has 0 fully saturated rings. The largest absolute Gasteiger partial charge is 0.334 e. The number of amides is 1. The summed E-state index contributed by atoms with van der Waals surface area (Å²) in [6.45, 7) is 4.56. The van der Waals surface area contributed by atoms with Crippen molar-refractivity contribution in [2.24, 2.45) is 0 Å². The summed E-state index contributed by atoms with van der Waals surface area (Å²) < 4.78 is 13.1. The zero-order chi connectivity index (χ0) is 13.5. The molecule has 0 spiro atoms. The molecule has 1 aromatic carbocycles. The van der Waals surface area contributed by atoms with E-state index in [9.17, 15) is 9.18 Å². The second-order valence-corrected chi connectivity index (χ2v) is 4.55. The molecule has 100 valence electrons. The molecule has 0 unspecified atom stereocenters. The van der Waals surface area contributed by atoms with Crippen molar-refractivity contribution in [2.75, 3.05) is 12.4 Å². The fraction of sp³-hybridized carbons (Fsp3) is 0.500. The van der Waals surface area contributed by atoms with E-state index < -0.39 is 5.82 Å². The minimum absolute atomic E-state index is 0.149. The number of alkyl halides is 1. The van der Waals surface area contributed by atoms with Crippen LogP contribution in [0.3, 0.4) is 0 Å². The Labute approximate surface area is 113 Å². The molecule has 0 atom stereocenters. The molecule has 0 saturated carbocycles. The molecule has 1 rings (SSSR count). The van der Waals surface area contributed by atoms with Gasteiger partial charge in [0.1, 0.15) is 5.82 Å². The van der Waals surface area contributed by atoms with Crippen molar-refractivity contribution in [1.82, 2.24) is 4.90 Å². The Hall–Kier alpha value is -1.09. The third-order valence-corrected chi connectivity index (χ3v) is 3.21. The topological polar surface area (TPSA) is 20.3 Å². The van der Waals surface area contributed by atoms with E-state index in [-0.39, 0.29) is 11.9 Å². The summed E-state index contributed by atoms with van der Waals surface area (Å²) in [7, 11) is 0. The summed E-state index contributed by atoms with van der Waals surface area (Å²) in [5.41, 5.74) is 0.381. The number of rotatable bonds is 6. The van der Waals surface area contributed by atoms with Crippen LogP contribution >= 0.6 is 11.6 Å². The second-order valence-electron chi connectivity index (χ2n) is 4.17. The number of hydrogen-bond donors (Lipinski definition) is 0. The fourth-order valence-corrected chi connectivity index (χ4v) is 2.24. The van der Waals surface area contributed by atoms with Crippen molar-refractivity contribution in [1.29, 1.82) is 0 Å². The van der Waals surface area contributed by atoms with E-state index in [1.54, 1.807) is 17.0 Å². The van der Waals surface area contributed by atoms with Crippen LogP contribution in [0.1, 0.15) is 37.0 Å². The number of halogens is 2. The Morgan fingerprint density at radius 1 is 1.39 bits per heavy atom. The van der Waals surface area contributed by atoms with E-state index in [2.05, 4.69) is 0 Å². The number of nitrogens with zero attached hydrogens (tertiary/aromatic N) is 1. The van der Waals surface area contributed by atoms with Gasteiger partial charge in [-0.05, 0) is 31.0 Å². The first-order valence-corrected chi connectivity index (χ1v) is 6.80. The maximum Gasteiger partial charge on any atom is 0.254 e. The van der Waals surface area contributed by atoms with Crippen molar-refractivity contribution in [3.05, 3.63) is 35.6 Å². The zero-order valence-corrected chi connectivity index (χ0v) is 11.6. The summed E-state index contributed by atoms with van der Waals surface area (Å²) in [6, 6.07) is 5.94. The highest BCUT2D eigenvalue weighted by Gasteiger charge is 2.21. The standard InChI is InChI=1S/C14H19ClFNO/c1-3-13(4-2)17(9-8-15)14(18)11-6-5-7-12(16)10-11/h5-7,10,13H,3-4,8-9H2,1-2H3. The molecule has 0 radical (unpaired) electrons. The molecule has 1 amide bonds. The van der Waals surface area contributed by atoms with Gasteiger partial charge in [-0.2, -0.15) is 0 Å². The van der Waals surface area contributed by atoms with Crippen LogP contribution < -0.4 is 0 Å². The predicted molar refractivity (Wildman–Crippen MR) is 72.5 cm³/mol. The average molecular weight is 272 g/mol. The van der Waals surface area contributed by atoms with Crippen LogP contribution in [-0.4, -0.2) is 29.3 Å². The molecule has 0 aliphatic carbocycles. The van der Waals surface area contributed by atoms with Crippen molar-refractivity contribution in [2.45, 2.75) is 32.7 Å². The lowest BCUT2D eigenvalue weighted by atomic mass is 10.1. The van der Waals surface area contributed by atoms with Crippen molar-refractivity contribution in [3.63, 3.8) is 0 Å². The summed E-state index contributed by atoms with van der Waals surface area (Å²) in [5.74, 6) is -0.155. The highest BCUT2D eigenvalue weighted by atomic mass is 35.5. The van der Waals surface area contributed by atoms with Crippen LogP contribution in [0.25, 0.3) is 0 Å². The van der Waals surface area contributed by atoms with E-state index in [4.69, 9.17) is 11.6 Å². The minimum Gasteiger partial charge on any atom is -0.334 e. The molecule has 0 heterocycles. The van der Waals surface area contributed by atoms with E-state index in [1.807, 2.05) is 13.8 Å². The van der Waals surface area contributed by atoms with Crippen LogP contribution in [0.4, 0.5) is 4.39 Å². The van der Waals surface area contributed by atoms with Crippen molar-refractivity contribution < 1.29 is 9.18 Å². The van der Waals surface area contributed by atoms with Gasteiger partial charge in [0, 0.05) is 24.0 Å². The molecule has 18 heavy (non-hydrogen) atoms. The first-order valence-electron chi connectivity index (χ1n) is 6.26. The monoisotopic (exact) mass is 271 g/mol. The summed E-state index contributed by atoms with van der Waals surface area (Å²) in [4.78, 5) is 14.1. The van der Waals surface area contributed by atoms with Crippen molar-refractivity contribution >= 4 is 17.5 Å². The molecule has 2 nitrogen and oxygen atoms in total. The Morgan fingerprint density at radius 3 is 2.56 bits per heavy atom. The zero-order valence-electron chi connectivity index (χ0n) is 10.8. The van der Waals surface area contributed by atoms with Gasteiger partial charge in [0.2, 0.25) is 0 Å². The smallest absolute Gasteiger partial charge is 0.254 e. The molecule has 1 aromatic rings. The lowest BCUT2D eigenvalue weighted by Gasteiger charge is -2.30. The summed E-state index contributed by atoms with van der Waals surface area (Å²) >= 11 is 5.75. The van der Waals surface area contributed by atoms with Crippen LogP contribution in [0, 0.1) is 5.82 Å². The molecular weight excluding hydrogens is 253 g/mol. The Bertz CT molecular complexity index is 393. The third kappa shape index (κ3) is 3.70. The average Bonchev–Trinajstić information content (AvgIpc) is 2.38. The van der Waals surface area contributed by atoms with Crippen LogP contribution in [-0.2, 0) is 0 Å². The summed E-state index contributed by atoms with van der Waals surface area (Å²) in [5, 5.41) is 0. The quantitative estimate of drug-likeness (QED) is 0.723. The molecule has 0 aromatic heterocycles. The molecule has 0 N–H and O–H groups in total. The van der Waals surface area contributed by atoms with Crippen LogP contribution in [0.15, 0.2) is 24.3 Å². The maximum absolute atomic E-state index is 13.1. The minimum atomic E-state index is -0.392. The lowest BCUT2D eigenvalue weighted by molar-refractivity contribution is 0.0681. The predicted octanol–water partition coefficient (Wildman–Crippen LogP) is 3.70. The highest BCUT2D eigenvalue weighted by molar-refractivity contribution is 6.18. The van der Waals surface area contributed by atoms with Gasteiger partial charge in [0.25, 0.3) is 5.91 Å². The number of benzene rings is 1. The van der Waals surface area contributed by atoms with Crippen LogP contribution in [0.2, 0.25) is 0 Å².